The fraction of sp³-hybridized carbons (Fsp3) is 0. The zero-order chi connectivity index (χ0) is 17.6. The summed E-state index contributed by atoms with van der Waals surface area (Å²) in [6, 6.07) is 18.2. The van der Waals surface area contributed by atoms with E-state index in [2.05, 4.69) is 21.2 Å². The molecule has 0 spiro atoms. The van der Waals surface area contributed by atoms with Crippen molar-refractivity contribution >= 4 is 50.7 Å². The molecule has 0 bridgehead atoms. The molecule has 0 aliphatic rings. The maximum Gasteiger partial charge on any atom is 0.265 e. The summed E-state index contributed by atoms with van der Waals surface area (Å²) in [6.07, 6.45) is 3.30. The van der Waals surface area contributed by atoms with Crippen LogP contribution in [0.15, 0.2) is 76.6 Å². The Morgan fingerprint density at radius 3 is 2.32 bits per heavy atom. The van der Waals surface area contributed by atoms with Crippen LogP contribution in [0.5, 0.6) is 0 Å². The molecule has 5 heteroatoms. The average Bonchev–Trinajstić information content (AvgIpc) is 3.16. The number of halogens is 1. The Hall–Kier alpha value is -2.50. The minimum absolute atomic E-state index is 0.0532. The quantitative estimate of drug-likeness (QED) is 0.434. The van der Waals surface area contributed by atoms with Gasteiger partial charge in [-0.25, -0.2) is 0 Å². The first-order valence-corrected chi connectivity index (χ1v) is 9.22. The number of allylic oxidation sites excluding steroid dienone is 1. The molecule has 3 nitrogen and oxygen atoms in total. The lowest BCUT2D eigenvalue weighted by Crippen LogP contribution is -2.09. The highest BCUT2D eigenvalue weighted by Crippen LogP contribution is 2.16. The van der Waals surface area contributed by atoms with E-state index in [0.717, 1.165) is 15.7 Å². The van der Waals surface area contributed by atoms with Gasteiger partial charge in [0.2, 0.25) is 0 Å². The fourth-order valence-electron chi connectivity index (χ4n) is 2.16. The van der Waals surface area contributed by atoms with Crippen molar-refractivity contribution in [3.63, 3.8) is 0 Å². The predicted molar refractivity (Wildman–Crippen MR) is 106 cm³/mol. The Morgan fingerprint density at radius 1 is 0.960 bits per heavy atom. The van der Waals surface area contributed by atoms with Gasteiger partial charge in [-0.05, 0) is 59.5 Å². The van der Waals surface area contributed by atoms with Gasteiger partial charge in [-0.15, -0.1) is 11.3 Å². The molecule has 1 N–H and O–H groups in total. The van der Waals surface area contributed by atoms with Crippen LogP contribution < -0.4 is 5.32 Å². The van der Waals surface area contributed by atoms with Gasteiger partial charge in [0.1, 0.15) is 0 Å². The fourth-order valence-corrected chi connectivity index (χ4v) is 3.04. The number of amides is 1. The summed E-state index contributed by atoms with van der Waals surface area (Å²) in [4.78, 5) is 24.8. The van der Waals surface area contributed by atoms with Crippen LogP contribution in [0.3, 0.4) is 0 Å². The number of benzene rings is 2. The zero-order valence-corrected chi connectivity index (χ0v) is 15.5. The molecule has 0 aliphatic carbocycles. The molecule has 0 saturated heterocycles. The molecule has 0 aliphatic heterocycles. The summed E-state index contributed by atoms with van der Waals surface area (Å²) in [5, 5.41) is 4.71. The second-order valence-corrected chi connectivity index (χ2v) is 7.12. The number of carbonyl (C=O) groups excluding carboxylic acids is 2. The van der Waals surface area contributed by atoms with Crippen molar-refractivity contribution < 1.29 is 9.59 Å². The number of hydrogen-bond donors (Lipinski definition) is 1. The third kappa shape index (κ3) is 4.75. The Kier molecular flexibility index (Phi) is 5.58. The molecule has 1 aromatic heterocycles. The van der Waals surface area contributed by atoms with Crippen LogP contribution in [-0.4, -0.2) is 11.7 Å². The van der Waals surface area contributed by atoms with Crippen LogP contribution in [-0.2, 0) is 0 Å². The number of carbonyl (C=O) groups is 2. The van der Waals surface area contributed by atoms with E-state index >= 15 is 0 Å². The SMILES string of the molecule is O=C(C=Cc1ccc(NC(=O)c2cccs2)cc1)c1ccc(Br)cc1. The molecule has 2 aromatic carbocycles. The van der Waals surface area contributed by atoms with Crippen molar-refractivity contribution in [2.75, 3.05) is 5.32 Å². The minimum Gasteiger partial charge on any atom is -0.321 e. The lowest BCUT2D eigenvalue weighted by atomic mass is 10.1. The van der Waals surface area contributed by atoms with Crippen molar-refractivity contribution in [2.24, 2.45) is 0 Å². The molecule has 3 aromatic rings. The van der Waals surface area contributed by atoms with Crippen molar-refractivity contribution in [3.8, 4) is 0 Å². The Balaban J connectivity index is 1.63. The van der Waals surface area contributed by atoms with Crippen LogP contribution >= 0.6 is 27.3 Å². The zero-order valence-electron chi connectivity index (χ0n) is 13.1. The predicted octanol–water partition coefficient (Wildman–Crippen LogP) is 5.66. The molecule has 1 heterocycles. The van der Waals surface area contributed by atoms with E-state index in [9.17, 15) is 9.59 Å². The van der Waals surface area contributed by atoms with Gasteiger partial charge in [-0.2, -0.15) is 0 Å². The number of nitrogens with one attached hydrogen (secondary N) is 1. The topological polar surface area (TPSA) is 46.2 Å². The molecule has 0 unspecified atom stereocenters. The van der Waals surface area contributed by atoms with Crippen LogP contribution in [0.25, 0.3) is 6.08 Å². The van der Waals surface area contributed by atoms with Crippen LogP contribution in [0, 0.1) is 0 Å². The van der Waals surface area contributed by atoms with E-state index in [0.29, 0.717) is 10.4 Å². The summed E-state index contributed by atoms with van der Waals surface area (Å²) in [5.41, 5.74) is 2.24. The first-order valence-electron chi connectivity index (χ1n) is 7.55. The van der Waals surface area contributed by atoms with E-state index in [4.69, 9.17) is 0 Å². The number of anilines is 1. The minimum atomic E-state index is -0.122. The Bertz CT molecular complexity index is 898. The van der Waals surface area contributed by atoms with Gasteiger partial charge < -0.3 is 5.32 Å². The number of ketones is 1. The van der Waals surface area contributed by atoms with E-state index in [1.165, 1.54) is 11.3 Å². The van der Waals surface area contributed by atoms with Gasteiger partial charge in [-0.3, -0.25) is 9.59 Å². The molecule has 1 amide bonds. The van der Waals surface area contributed by atoms with Crippen molar-refractivity contribution in [3.05, 3.63) is 92.6 Å². The monoisotopic (exact) mass is 411 g/mol. The molecule has 0 saturated carbocycles. The highest BCUT2D eigenvalue weighted by molar-refractivity contribution is 9.10. The molecular formula is C20H14BrNO2S. The summed E-state index contributed by atoms with van der Waals surface area (Å²) in [6.45, 7) is 0. The van der Waals surface area contributed by atoms with E-state index in [1.54, 1.807) is 30.4 Å². The highest BCUT2D eigenvalue weighted by atomic mass is 79.9. The largest absolute Gasteiger partial charge is 0.321 e. The second kappa shape index (κ2) is 8.05. The molecule has 3 rings (SSSR count). The molecule has 124 valence electrons. The third-order valence-corrected chi connectivity index (χ3v) is 4.87. The highest BCUT2D eigenvalue weighted by Gasteiger charge is 2.06. The maximum atomic E-state index is 12.1. The van der Waals surface area contributed by atoms with Gasteiger partial charge in [0.25, 0.3) is 5.91 Å². The first-order chi connectivity index (χ1) is 12.1. The van der Waals surface area contributed by atoms with Crippen molar-refractivity contribution in [2.45, 2.75) is 0 Å². The molecule has 0 atom stereocenters. The summed E-state index contributed by atoms with van der Waals surface area (Å²) < 4.78 is 0.938. The third-order valence-electron chi connectivity index (χ3n) is 3.47. The number of thiophene rings is 1. The van der Waals surface area contributed by atoms with Crippen molar-refractivity contribution in [1.29, 1.82) is 0 Å². The summed E-state index contributed by atoms with van der Waals surface area (Å²) >= 11 is 4.75. The average molecular weight is 412 g/mol. The number of rotatable bonds is 5. The number of hydrogen-bond acceptors (Lipinski definition) is 3. The lowest BCUT2D eigenvalue weighted by Gasteiger charge is -2.03. The van der Waals surface area contributed by atoms with Gasteiger partial charge in [0, 0.05) is 15.7 Å². The van der Waals surface area contributed by atoms with E-state index in [1.807, 2.05) is 47.8 Å². The van der Waals surface area contributed by atoms with Gasteiger partial charge in [0.15, 0.2) is 5.78 Å². The van der Waals surface area contributed by atoms with Gasteiger partial charge in [0.05, 0.1) is 4.88 Å². The first kappa shape index (κ1) is 17.3. The molecule has 25 heavy (non-hydrogen) atoms. The summed E-state index contributed by atoms with van der Waals surface area (Å²) in [7, 11) is 0. The van der Waals surface area contributed by atoms with Crippen LogP contribution in [0.4, 0.5) is 5.69 Å². The Labute approximate surface area is 158 Å². The van der Waals surface area contributed by atoms with E-state index in [-0.39, 0.29) is 11.7 Å². The second-order valence-electron chi connectivity index (χ2n) is 5.26. The lowest BCUT2D eigenvalue weighted by molar-refractivity contribution is 0.102. The molecular weight excluding hydrogens is 398 g/mol. The maximum absolute atomic E-state index is 12.1. The Morgan fingerprint density at radius 2 is 1.68 bits per heavy atom. The van der Waals surface area contributed by atoms with Gasteiger partial charge >= 0.3 is 0 Å². The summed E-state index contributed by atoms with van der Waals surface area (Å²) in [5.74, 6) is -0.175. The molecule has 0 fully saturated rings. The van der Waals surface area contributed by atoms with E-state index < -0.39 is 0 Å². The molecule has 0 radical (unpaired) electrons. The normalized spacial score (nSPS) is 10.8. The van der Waals surface area contributed by atoms with Crippen molar-refractivity contribution in [1.82, 2.24) is 0 Å². The standard InChI is InChI=1S/C20H14BrNO2S/c21-16-8-6-15(7-9-16)18(23)12-5-14-3-10-17(11-4-14)22-20(24)19-2-1-13-25-19/h1-13H,(H,22,24). The van der Waals surface area contributed by atoms with Crippen LogP contribution in [0.2, 0.25) is 0 Å². The smallest absolute Gasteiger partial charge is 0.265 e. The van der Waals surface area contributed by atoms with Gasteiger partial charge in [-0.1, -0.05) is 40.2 Å². The van der Waals surface area contributed by atoms with Crippen LogP contribution in [0.1, 0.15) is 25.6 Å².